The highest BCUT2D eigenvalue weighted by molar-refractivity contribution is 5.79. The van der Waals surface area contributed by atoms with Crippen LogP contribution in [0.4, 0.5) is 0 Å². The van der Waals surface area contributed by atoms with Gasteiger partial charge in [0, 0.05) is 18.3 Å². The van der Waals surface area contributed by atoms with E-state index in [1.165, 1.54) is 6.42 Å². The van der Waals surface area contributed by atoms with Crippen LogP contribution in [0.25, 0.3) is 0 Å². The number of hydrogen-bond acceptors (Lipinski definition) is 4. The highest BCUT2D eigenvalue weighted by Crippen LogP contribution is 2.68. The minimum atomic E-state index is -0.785. The molecule has 5 aliphatic carbocycles. The molecular weight excluding hydrogens is 412 g/mol. The molecule has 0 saturated heterocycles. The van der Waals surface area contributed by atoms with Crippen LogP contribution in [0.15, 0.2) is 0 Å². The van der Waals surface area contributed by atoms with Crippen molar-refractivity contribution in [3.05, 3.63) is 0 Å². The van der Waals surface area contributed by atoms with Gasteiger partial charge < -0.3 is 15.3 Å². The van der Waals surface area contributed by atoms with E-state index in [0.717, 1.165) is 50.4 Å². The molecule has 0 radical (unpaired) electrons. The lowest BCUT2D eigenvalue weighted by Crippen LogP contribution is -2.63. The summed E-state index contributed by atoms with van der Waals surface area (Å²) >= 11 is 0. The third kappa shape index (κ3) is 3.68. The molecule has 5 fully saturated rings. The van der Waals surface area contributed by atoms with Gasteiger partial charge in [-0.2, -0.15) is 0 Å². The molecule has 5 rings (SSSR count). The van der Waals surface area contributed by atoms with Crippen molar-refractivity contribution in [2.24, 2.45) is 58.2 Å². The summed E-state index contributed by atoms with van der Waals surface area (Å²) in [5, 5.41) is 34.9. The zero-order valence-electron chi connectivity index (χ0n) is 21.6. The van der Waals surface area contributed by atoms with E-state index in [-0.39, 0.29) is 40.4 Å². The molecule has 0 aliphatic heterocycles. The fraction of sp³-hybridized carbons (Fsp3) is 0.966. The number of aliphatic hydroxyl groups is 3. The van der Waals surface area contributed by atoms with Crippen LogP contribution >= 0.6 is 0 Å². The molecule has 33 heavy (non-hydrogen) atoms. The second-order valence-electron chi connectivity index (χ2n) is 14.0. The summed E-state index contributed by atoms with van der Waals surface area (Å²) in [5.74, 6) is 3.67. The van der Waals surface area contributed by atoms with Gasteiger partial charge in [0.25, 0.3) is 0 Å². The predicted molar refractivity (Wildman–Crippen MR) is 129 cm³/mol. The summed E-state index contributed by atoms with van der Waals surface area (Å²) in [5.41, 5.74) is -1.10. The smallest absolute Gasteiger partial charge is 0.133 e. The fourth-order valence-corrected chi connectivity index (χ4v) is 10.0. The van der Waals surface area contributed by atoms with Gasteiger partial charge in [-0.25, -0.2) is 0 Å². The summed E-state index contributed by atoms with van der Waals surface area (Å²) in [6.45, 7) is 11.3. The molecule has 0 aromatic rings. The van der Waals surface area contributed by atoms with Gasteiger partial charge in [-0.15, -0.1) is 0 Å². The monoisotopic (exact) mass is 460 g/mol. The SMILES string of the molecule is C[C@H](CC[C@](C)(O)[C@H]1CC[C@H]2[C@@H]3[C@H](O)C[C@H]4CC(=O)CC[C@]4(C)[C@H]3C[C@@H](O)[C@@]21C)[C@@H]1C[C@H]1C. The Kier molecular flexibility index (Phi) is 5.90. The van der Waals surface area contributed by atoms with Crippen molar-refractivity contribution in [3.63, 3.8) is 0 Å². The maximum Gasteiger partial charge on any atom is 0.133 e. The number of fused-ring (bicyclic) bond motifs is 5. The molecule has 0 aromatic carbocycles. The Labute approximate surface area is 200 Å². The maximum atomic E-state index is 12.2. The molecule has 0 unspecified atom stereocenters. The second kappa shape index (κ2) is 8.03. The predicted octanol–water partition coefficient (Wildman–Crippen LogP) is 4.98. The first-order valence-corrected chi connectivity index (χ1v) is 14.0. The van der Waals surface area contributed by atoms with Crippen LogP contribution in [-0.4, -0.2) is 38.9 Å². The first kappa shape index (κ1) is 24.3. The number of aliphatic hydroxyl groups excluding tert-OH is 2. The van der Waals surface area contributed by atoms with Gasteiger partial charge in [0.2, 0.25) is 0 Å². The number of hydrogen-bond donors (Lipinski definition) is 3. The van der Waals surface area contributed by atoms with Crippen molar-refractivity contribution in [2.75, 3.05) is 0 Å². The van der Waals surface area contributed by atoms with E-state index in [4.69, 9.17) is 0 Å². The van der Waals surface area contributed by atoms with Crippen molar-refractivity contribution in [1.82, 2.24) is 0 Å². The molecule has 4 heteroatoms. The highest BCUT2D eigenvalue weighted by atomic mass is 16.3. The summed E-state index contributed by atoms with van der Waals surface area (Å²) in [6.07, 6.45) is 7.85. The largest absolute Gasteiger partial charge is 0.393 e. The average molecular weight is 461 g/mol. The van der Waals surface area contributed by atoms with E-state index < -0.39 is 17.8 Å². The molecule has 0 heterocycles. The van der Waals surface area contributed by atoms with Crippen LogP contribution in [-0.2, 0) is 4.79 Å². The van der Waals surface area contributed by atoms with Crippen LogP contribution in [0.5, 0.6) is 0 Å². The lowest BCUT2D eigenvalue weighted by Gasteiger charge is -2.63. The number of carbonyl (C=O) groups is 1. The lowest BCUT2D eigenvalue weighted by atomic mass is 9.43. The van der Waals surface area contributed by atoms with E-state index in [1.54, 1.807) is 0 Å². The first-order valence-electron chi connectivity index (χ1n) is 14.0. The summed E-state index contributed by atoms with van der Waals surface area (Å²) < 4.78 is 0. The van der Waals surface area contributed by atoms with Crippen molar-refractivity contribution in [2.45, 2.75) is 117 Å². The Bertz CT molecular complexity index is 778. The maximum absolute atomic E-state index is 12.2. The van der Waals surface area contributed by atoms with Gasteiger partial charge in [0.15, 0.2) is 0 Å². The van der Waals surface area contributed by atoms with Crippen LogP contribution in [0.3, 0.4) is 0 Å². The van der Waals surface area contributed by atoms with Crippen molar-refractivity contribution in [1.29, 1.82) is 0 Å². The van der Waals surface area contributed by atoms with Crippen LogP contribution < -0.4 is 0 Å². The third-order valence-electron chi connectivity index (χ3n) is 12.4. The quantitative estimate of drug-likeness (QED) is 0.541. The minimum Gasteiger partial charge on any atom is -0.393 e. The van der Waals surface area contributed by atoms with Crippen LogP contribution in [0.2, 0.25) is 0 Å². The Morgan fingerprint density at radius 3 is 2.48 bits per heavy atom. The van der Waals surface area contributed by atoms with E-state index >= 15 is 0 Å². The average Bonchev–Trinajstić information content (AvgIpc) is 3.36. The summed E-state index contributed by atoms with van der Waals surface area (Å²) in [4.78, 5) is 12.2. The van der Waals surface area contributed by atoms with Crippen LogP contribution in [0, 0.1) is 58.2 Å². The van der Waals surface area contributed by atoms with E-state index in [2.05, 4.69) is 27.7 Å². The molecule has 0 bridgehead atoms. The third-order valence-corrected chi connectivity index (χ3v) is 12.4. The first-order chi connectivity index (χ1) is 15.4. The van der Waals surface area contributed by atoms with Gasteiger partial charge in [0.1, 0.15) is 5.78 Å². The van der Waals surface area contributed by atoms with Gasteiger partial charge in [-0.05, 0) is 111 Å². The second-order valence-corrected chi connectivity index (χ2v) is 14.0. The molecule has 0 spiro atoms. The Morgan fingerprint density at radius 2 is 1.82 bits per heavy atom. The van der Waals surface area contributed by atoms with Gasteiger partial charge in [-0.3, -0.25) is 4.79 Å². The van der Waals surface area contributed by atoms with E-state index in [0.29, 0.717) is 31.0 Å². The molecule has 0 amide bonds. The molecule has 3 N–H and O–H groups in total. The number of carbonyl (C=O) groups excluding carboxylic acids is 1. The minimum absolute atomic E-state index is 0.0388. The van der Waals surface area contributed by atoms with Gasteiger partial charge in [0.05, 0.1) is 17.8 Å². The Hall–Kier alpha value is -0.450. The number of ketones is 1. The van der Waals surface area contributed by atoms with Crippen molar-refractivity contribution >= 4 is 5.78 Å². The molecular formula is C29H48O4. The van der Waals surface area contributed by atoms with E-state index in [1.807, 2.05) is 6.92 Å². The van der Waals surface area contributed by atoms with Crippen molar-refractivity contribution in [3.8, 4) is 0 Å². The Morgan fingerprint density at radius 1 is 1.12 bits per heavy atom. The van der Waals surface area contributed by atoms with E-state index in [9.17, 15) is 20.1 Å². The van der Waals surface area contributed by atoms with Crippen molar-refractivity contribution < 1.29 is 20.1 Å². The lowest BCUT2D eigenvalue weighted by molar-refractivity contribution is -0.212. The molecule has 188 valence electrons. The molecule has 13 atom stereocenters. The zero-order valence-corrected chi connectivity index (χ0v) is 21.6. The molecule has 5 saturated carbocycles. The highest BCUT2D eigenvalue weighted by Gasteiger charge is 2.67. The summed E-state index contributed by atoms with van der Waals surface area (Å²) in [6, 6.07) is 0. The van der Waals surface area contributed by atoms with Gasteiger partial charge in [-0.1, -0.05) is 27.7 Å². The molecule has 5 aliphatic rings. The number of Topliss-reactive ketones (excluding diaryl/α,β-unsaturated/α-hetero) is 1. The standard InChI is InChI=1S/C29H48O4/c1-16(20-12-17(20)2)8-11-28(4,33)24-7-6-21-26-22(15-25(32)29(21,24)5)27(3)10-9-19(30)13-18(27)14-23(26)31/h16-18,20-26,31-33H,6-15H2,1-5H3/t16-,17-,18-,20+,21+,22+,23-,24-,25-,26+,27+,28+,29+/m1/s1. The summed E-state index contributed by atoms with van der Waals surface area (Å²) in [7, 11) is 0. The molecule has 0 aromatic heterocycles. The van der Waals surface area contributed by atoms with Crippen LogP contribution in [0.1, 0.15) is 98.8 Å². The molecule has 4 nitrogen and oxygen atoms in total. The topological polar surface area (TPSA) is 77.8 Å². The van der Waals surface area contributed by atoms with Gasteiger partial charge >= 0.3 is 0 Å². The fourth-order valence-electron chi connectivity index (χ4n) is 10.0. The zero-order chi connectivity index (χ0) is 23.9. The Balaban J connectivity index is 1.37. The normalized spacial score (nSPS) is 54.1. The number of rotatable bonds is 5.